The quantitative estimate of drug-likeness (QED) is 0.745. The average Bonchev–Trinajstić information content (AvgIpc) is 3.28. The van der Waals surface area contributed by atoms with Crippen LogP contribution in [-0.2, 0) is 4.79 Å². The smallest absolute Gasteiger partial charge is 0.329 e. The molecule has 7 nitrogen and oxygen atoms in total. The summed E-state index contributed by atoms with van der Waals surface area (Å²) < 4.78 is 1.79. The predicted molar refractivity (Wildman–Crippen MR) is 104 cm³/mol. The molecule has 1 aromatic heterocycles. The lowest BCUT2D eigenvalue weighted by atomic mass is 9.92. The standard InChI is InChI=1S/C19H23N3O4S/c23-16(21-19(17(24)25)7-9-27-10-8-19)12-5-6-15-14(11-12)20-18(26)22(15)13-3-1-2-4-13/h5-6,11,13H,1-4,7-10H2,(H,20,26)(H,21,23)(H,24,25). The van der Waals surface area contributed by atoms with Crippen LogP contribution in [0.1, 0.15) is 54.9 Å². The summed E-state index contributed by atoms with van der Waals surface area (Å²) in [7, 11) is 0. The molecule has 0 radical (unpaired) electrons. The number of amides is 1. The van der Waals surface area contributed by atoms with Gasteiger partial charge in [0.05, 0.1) is 11.0 Å². The summed E-state index contributed by atoms with van der Waals surface area (Å²) in [5.74, 6) is 0.0190. The van der Waals surface area contributed by atoms with E-state index in [4.69, 9.17) is 0 Å². The van der Waals surface area contributed by atoms with Gasteiger partial charge in [0.25, 0.3) is 5.91 Å². The van der Waals surface area contributed by atoms with Crippen LogP contribution >= 0.6 is 11.8 Å². The minimum Gasteiger partial charge on any atom is -0.480 e. The summed E-state index contributed by atoms with van der Waals surface area (Å²) in [4.78, 5) is 39.7. The number of thioether (sulfide) groups is 1. The van der Waals surface area contributed by atoms with Crippen molar-refractivity contribution in [2.75, 3.05) is 11.5 Å². The first-order valence-electron chi connectivity index (χ1n) is 9.38. The van der Waals surface area contributed by atoms with E-state index in [9.17, 15) is 19.5 Å². The summed E-state index contributed by atoms with van der Waals surface area (Å²) in [6.07, 6.45) is 5.06. The van der Waals surface area contributed by atoms with Crippen molar-refractivity contribution in [2.45, 2.75) is 50.1 Å². The van der Waals surface area contributed by atoms with Crippen molar-refractivity contribution in [1.82, 2.24) is 14.9 Å². The number of nitrogens with zero attached hydrogens (tertiary/aromatic N) is 1. The fourth-order valence-electron chi connectivity index (χ4n) is 4.20. The first-order chi connectivity index (χ1) is 13.0. The largest absolute Gasteiger partial charge is 0.480 e. The number of rotatable bonds is 4. The van der Waals surface area contributed by atoms with Gasteiger partial charge in [-0.1, -0.05) is 12.8 Å². The predicted octanol–water partition coefficient (Wildman–Crippen LogP) is 2.52. The van der Waals surface area contributed by atoms with Crippen LogP contribution in [0, 0.1) is 0 Å². The number of carbonyl (C=O) groups excluding carboxylic acids is 1. The first kappa shape index (κ1) is 18.2. The van der Waals surface area contributed by atoms with Crippen LogP contribution in [0.5, 0.6) is 0 Å². The van der Waals surface area contributed by atoms with E-state index in [1.807, 2.05) is 0 Å². The van der Waals surface area contributed by atoms with Gasteiger partial charge in [-0.25, -0.2) is 9.59 Å². The molecule has 1 aromatic carbocycles. The van der Waals surface area contributed by atoms with Gasteiger partial charge in [0.2, 0.25) is 0 Å². The third kappa shape index (κ3) is 3.26. The topological polar surface area (TPSA) is 104 Å². The van der Waals surface area contributed by atoms with Crippen LogP contribution in [0.3, 0.4) is 0 Å². The molecule has 8 heteroatoms. The van der Waals surface area contributed by atoms with Crippen molar-refractivity contribution in [3.05, 3.63) is 34.2 Å². The first-order valence-corrected chi connectivity index (χ1v) is 10.5. The Kier molecular flexibility index (Phi) is 4.75. The van der Waals surface area contributed by atoms with Crippen molar-refractivity contribution >= 4 is 34.7 Å². The second kappa shape index (κ2) is 7.07. The molecule has 0 bridgehead atoms. The molecule has 1 aliphatic carbocycles. The van der Waals surface area contributed by atoms with E-state index in [1.54, 1.807) is 34.5 Å². The van der Waals surface area contributed by atoms with Crippen molar-refractivity contribution in [2.24, 2.45) is 0 Å². The fraction of sp³-hybridized carbons (Fsp3) is 0.526. The van der Waals surface area contributed by atoms with E-state index in [0.717, 1.165) is 31.2 Å². The molecular formula is C19H23N3O4S. The molecule has 2 fully saturated rings. The van der Waals surface area contributed by atoms with Crippen LogP contribution in [-0.4, -0.2) is 43.6 Å². The van der Waals surface area contributed by atoms with E-state index in [-0.39, 0.29) is 11.7 Å². The van der Waals surface area contributed by atoms with Gasteiger partial charge in [-0.3, -0.25) is 9.36 Å². The lowest BCUT2D eigenvalue weighted by Gasteiger charge is -2.33. The molecule has 0 atom stereocenters. The van der Waals surface area contributed by atoms with Gasteiger partial charge in [-0.05, 0) is 55.4 Å². The number of hydrogen-bond donors (Lipinski definition) is 3. The SMILES string of the molecule is O=C(NC1(C(=O)O)CCSCC1)c1ccc2c(c1)[nH]c(=O)n2C1CCCC1. The van der Waals surface area contributed by atoms with Gasteiger partial charge in [0.1, 0.15) is 5.54 Å². The zero-order chi connectivity index (χ0) is 19.0. The molecule has 1 saturated carbocycles. The lowest BCUT2D eigenvalue weighted by molar-refractivity contribution is -0.144. The normalized spacial score (nSPS) is 20.0. The molecule has 1 amide bonds. The maximum atomic E-state index is 12.7. The number of H-pyrrole nitrogens is 1. The fourth-order valence-corrected chi connectivity index (χ4v) is 5.39. The van der Waals surface area contributed by atoms with E-state index >= 15 is 0 Å². The number of carboxylic acid groups (broad SMARTS) is 1. The number of hydrogen-bond acceptors (Lipinski definition) is 4. The molecule has 0 unspecified atom stereocenters. The third-order valence-corrected chi connectivity index (χ3v) is 6.76. The van der Waals surface area contributed by atoms with Gasteiger partial charge in [-0.15, -0.1) is 0 Å². The number of aliphatic carboxylic acids is 1. The average molecular weight is 389 g/mol. The van der Waals surface area contributed by atoms with Crippen LogP contribution in [0.25, 0.3) is 11.0 Å². The van der Waals surface area contributed by atoms with Gasteiger partial charge in [-0.2, -0.15) is 11.8 Å². The molecule has 27 heavy (non-hydrogen) atoms. The number of imidazole rings is 1. The van der Waals surface area contributed by atoms with Crippen LogP contribution < -0.4 is 11.0 Å². The Morgan fingerprint density at radius 3 is 2.59 bits per heavy atom. The molecule has 0 spiro atoms. The van der Waals surface area contributed by atoms with Crippen LogP contribution in [0.2, 0.25) is 0 Å². The Labute approximate surface area is 160 Å². The van der Waals surface area contributed by atoms with E-state index in [0.29, 0.717) is 35.4 Å². The van der Waals surface area contributed by atoms with Gasteiger partial charge < -0.3 is 15.4 Å². The Balaban J connectivity index is 1.63. The minimum atomic E-state index is -1.21. The Morgan fingerprint density at radius 1 is 1.22 bits per heavy atom. The number of carbonyl (C=O) groups is 2. The zero-order valence-electron chi connectivity index (χ0n) is 15.0. The second-order valence-electron chi connectivity index (χ2n) is 7.42. The number of nitrogens with one attached hydrogen (secondary N) is 2. The van der Waals surface area contributed by atoms with Crippen molar-refractivity contribution < 1.29 is 14.7 Å². The van der Waals surface area contributed by atoms with Crippen molar-refractivity contribution in [1.29, 1.82) is 0 Å². The highest BCUT2D eigenvalue weighted by Gasteiger charge is 2.41. The molecule has 2 heterocycles. The van der Waals surface area contributed by atoms with Crippen molar-refractivity contribution in [3.8, 4) is 0 Å². The van der Waals surface area contributed by atoms with E-state index in [2.05, 4.69) is 10.3 Å². The highest BCUT2D eigenvalue weighted by atomic mass is 32.2. The summed E-state index contributed by atoms with van der Waals surface area (Å²) in [5.41, 5.74) is 0.413. The summed E-state index contributed by atoms with van der Waals surface area (Å²) in [6.45, 7) is 0. The van der Waals surface area contributed by atoms with Gasteiger partial charge in [0.15, 0.2) is 0 Å². The zero-order valence-corrected chi connectivity index (χ0v) is 15.8. The number of carboxylic acids is 1. The Hall–Kier alpha value is -2.22. The molecule has 3 N–H and O–H groups in total. The number of aromatic nitrogens is 2. The Bertz CT molecular complexity index is 936. The molecule has 144 valence electrons. The summed E-state index contributed by atoms with van der Waals surface area (Å²) in [5, 5.41) is 12.4. The lowest BCUT2D eigenvalue weighted by Crippen LogP contribution is -2.56. The van der Waals surface area contributed by atoms with Crippen LogP contribution in [0.15, 0.2) is 23.0 Å². The Morgan fingerprint density at radius 2 is 1.93 bits per heavy atom. The number of benzene rings is 1. The maximum Gasteiger partial charge on any atom is 0.329 e. The van der Waals surface area contributed by atoms with E-state index in [1.165, 1.54) is 0 Å². The molecule has 1 saturated heterocycles. The molecular weight excluding hydrogens is 366 g/mol. The summed E-state index contributed by atoms with van der Waals surface area (Å²) >= 11 is 1.70. The highest BCUT2D eigenvalue weighted by molar-refractivity contribution is 7.99. The van der Waals surface area contributed by atoms with E-state index < -0.39 is 17.4 Å². The van der Waals surface area contributed by atoms with Gasteiger partial charge in [0, 0.05) is 11.6 Å². The molecule has 1 aliphatic heterocycles. The monoisotopic (exact) mass is 389 g/mol. The summed E-state index contributed by atoms with van der Waals surface area (Å²) in [6, 6.07) is 5.31. The molecule has 4 rings (SSSR count). The second-order valence-corrected chi connectivity index (χ2v) is 8.65. The van der Waals surface area contributed by atoms with Crippen molar-refractivity contribution in [3.63, 3.8) is 0 Å². The third-order valence-electron chi connectivity index (χ3n) is 5.78. The molecule has 2 aromatic rings. The van der Waals surface area contributed by atoms with Crippen LogP contribution in [0.4, 0.5) is 0 Å². The number of fused-ring (bicyclic) bond motifs is 1. The highest BCUT2D eigenvalue weighted by Crippen LogP contribution is 2.31. The maximum absolute atomic E-state index is 12.7. The molecule has 2 aliphatic rings. The number of aromatic amines is 1. The minimum absolute atomic E-state index is 0.152. The van der Waals surface area contributed by atoms with Gasteiger partial charge >= 0.3 is 11.7 Å².